The predicted molar refractivity (Wildman–Crippen MR) is 117 cm³/mol. The Morgan fingerprint density at radius 3 is 2.76 bits per heavy atom. The fraction of sp³-hybridized carbons (Fsp3) is 0.318. The summed E-state index contributed by atoms with van der Waals surface area (Å²) in [4.78, 5) is 16.4. The number of thiophene rings is 1. The smallest absolute Gasteiger partial charge is 0.319 e. The number of nitrogens with zero attached hydrogens (tertiary/aromatic N) is 2. The quantitative estimate of drug-likeness (QED) is 0.639. The van der Waals surface area contributed by atoms with Gasteiger partial charge in [-0.15, -0.1) is 11.3 Å². The molecule has 0 saturated carbocycles. The topological polar surface area (TPSA) is 58.5 Å². The van der Waals surface area contributed by atoms with Gasteiger partial charge in [-0.25, -0.2) is 4.79 Å². The molecule has 0 aliphatic carbocycles. The second-order valence-electron chi connectivity index (χ2n) is 7.00. The van der Waals surface area contributed by atoms with Gasteiger partial charge in [0.2, 0.25) is 0 Å². The van der Waals surface area contributed by atoms with Crippen molar-refractivity contribution in [1.82, 2.24) is 14.8 Å². The number of hydrogen-bond acceptors (Lipinski definition) is 4. The van der Waals surface area contributed by atoms with Crippen molar-refractivity contribution in [3.8, 4) is 10.8 Å². The number of methoxy groups -OCH3 is 1. The number of nitrogens with one attached hydrogen (secondary N) is 2. The summed E-state index contributed by atoms with van der Waals surface area (Å²) in [5.74, 6) is 0.642. The molecule has 0 unspecified atom stereocenters. The standard InChI is InChI=1S/C22H26N4O2S/c1-3-25-13-10-16-17(21(29-20(16)15-25)26-11-6-7-12-26)14-23-22(27)24-18-8-4-5-9-19(18)28-2/h4-9,11-12H,3,10,13-15H2,1-2H3,(H2,23,24,27). The second kappa shape index (κ2) is 8.71. The Morgan fingerprint density at radius 1 is 1.21 bits per heavy atom. The zero-order valence-electron chi connectivity index (χ0n) is 16.8. The van der Waals surface area contributed by atoms with Crippen LogP contribution in [0, 0.1) is 0 Å². The summed E-state index contributed by atoms with van der Waals surface area (Å²) in [7, 11) is 1.60. The van der Waals surface area contributed by atoms with Crippen LogP contribution in [0.2, 0.25) is 0 Å². The molecule has 1 aromatic carbocycles. The lowest BCUT2D eigenvalue weighted by molar-refractivity contribution is 0.251. The maximum absolute atomic E-state index is 12.6. The first kappa shape index (κ1) is 19.5. The Kier molecular flexibility index (Phi) is 5.87. The van der Waals surface area contributed by atoms with Gasteiger partial charge in [-0.1, -0.05) is 19.1 Å². The highest BCUT2D eigenvalue weighted by Gasteiger charge is 2.24. The van der Waals surface area contributed by atoms with Crippen molar-refractivity contribution in [1.29, 1.82) is 0 Å². The number of carbonyl (C=O) groups excluding carboxylic acids is 1. The van der Waals surface area contributed by atoms with Crippen LogP contribution < -0.4 is 15.4 Å². The monoisotopic (exact) mass is 410 g/mol. The third-order valence-electron chi connectivity index (χ3n) is 5.29. The number of urea groups is 1. The van der Waals surface area contributed by atoms with Gasteiger partial charge in [0.1, 0.15) is 10.8 Å². The number of hydrogen-bond donors (Lipinski definition) is 2. The minimum absolute atomic E-state index is 0.237. The fourth-order valence-electron chi connectivity index (χ4n) is 3.72. The van der Waals surface area contributed by atoms with Gasteiger partial charge in [0.05, 0.1) is 12.8 Å². The van der Waals surface area contributed by atoms with Gasteiger partial charge in [0.15, 0.2) is 0 Å². The minimum Gasteiger partial charge on any atom is -0.495 e. The van der Waals surface area contributed by atoms with Crippen molar-refractivity contribution < 1.29 is 9.53 Å². The Bertz CT molecular complexity index is 981. The Morgan fingerprint density at radius 2 is 2.00 bits per heavy atom. The largest absolute Gasteiger partial charge is 0.495 e. The fourth-order valence-corrected chi connectivity index (χ4v) is 5.10. The van der Waals surface area contributed by atoms with E-state index in [2.05, 4.69) is 39.4 Å². The number of rotatable bonds is 6. The zero-order chi connectivity index (χ0) is 20.2. The molecule has 29 heavy (non-hydrogen) atoms. The Labute approximate surface area is 175 Å². The summed E-state index contributed by atoms with van der Waals surface area (Å²) in [6.45, 7) is 5.80. The molecule has 3 aromatic rings. The molecule has 4 rings (SSSR count). The van der Waals surface area contributed by atoms with E-state index in [0.717, 1.165) is 26.1 Å². The van der Waals surface area contributed by atoms with E-state index in [0.29, 0.717) is 18.0 Å². The van der Waals surface area contributed by atoms with Crippen molar-refractivity contribution in [2.45, 2.75) is 26.4 Å². The number of ether oxygens (including phenoxy) is 1. The molecular formula is C22H26N4O2S. The molecule has 152 valence electrons. The molecule has 0 fully saturated rings. The second-order valence-corrected chi connectivity index (χ2v) is 8.09. The van der Waals surface area contributed by atoms with Crippen LogP contribution >= 0.6 is 11.3 Å². The van der Waals surface area contributed by atoms with E-state index in [-0.39, 0.29) is 6.03 Å². The maximum atomic E-state index is 12.6. The van der Waals surface area contributed by atoms with Crippen LogP contribution in [-0.4, -0.2) is 35.7 Å². The van der Waals surface area contributed by atoms with Crippen LogP contribution in [0.4, 0.5) is 10.5 Å². The molecule has 0 bridgehead atoms. The summed E-state index contributed by atoms with van der Waals surface area (Å²) in [5.41, 5.74) is 3.26. The van der Waals surface area contributed by atoms with E-state index >= 15 is 0 Å². The number of likely N-dealkylation sites (N-methyl/N-ethyl adjacent to an activating group) is 1. The lowest BCUT2D eigenvalue weighted by Crippen LogP contribution is -2.31. The average molecular weight is 411 g/mol. The summed E-state index contributed by atoms with van der Waals surface area (Å²) in [5, 5.41) is 7.11. The van der Waals surface area contributed by atoms with Crippen molar-refractivity contribution in [3.05, 3.63) is 64.8 Å². The molecule has 0 saturated heterocycles. The summed E-state index contributed by atoms with van der Waals surface area (Å²) >= 11 is 1.83. The van der Waals surface area contributed by atoms with E-state index in [1.807, 2.05) is 47.7 Å². The van der Waals surface area contributed by atoms with Gasteiger partial charge in [-0.2, -0.15) is 0 Å². The molecular weight excluding hydrogens is 384 g/mol. The first-order valence-electron chi connectivity index (χ1n) is 9.86. The number of aromatic nitrogens is 1. The van der Waals surface area contributed by atoms with Crippen molar-refractivity contribution in [3.63, 3.8) is 0 Å². The number of benzene rings is 1. The van der Waals surface area contributed by atoms with Crippen LogP contribution in [0.5, 0.6) is 5.75 Å². The SMILES string of the molecule is CCN1CCc2c(sc(-n3cccc3)c2CNC(=O)Nc2ccccc2OC)C1. The van der Waals surface area contributed by atoms with E-state index in [1.165, 1.54) is 21.0 Å². The van der Waals surface area contributed by atoms with Crippen LogP contribution in [0.3, 0.4) is 0 Å². The minimum atomic E-state index is -0.237. The lowest BCUT2D eigenvalue weighted by atomic mass is 10.0. The molecule has 2 aromatic heterocycles. The zero-order valence-corrected chi connectivity index (χ0v) is 17.6. The number of amides is 2. The Hall–Kier alpha value is -2.77. The van der Waals surface area contributed by atoms with Gasteiger partial charge < -0.3 is 19.9 Å². The molecule has 3 heterocycles. The molecule has 6 nitrogen and oxygen atoms in total. The molecule has 2 N–H and O–H groups in total. The molecule has 0 atom stereocenters. The summed E-state index contributed by atoms with van der Waals surface area (Å²) in [6, 6.07) is 11.2. The van der Waals surface area contributed by atoms with E-state index in [1.54, 1.807) is 7.11 Å². The molecule has 1 aliphatic heterocycles. The summed E-state index contributed by atoms with van der Waals surface area (Å²) in [6.07, 6.45) is 5.15. The number of carbonyl (C=O) groups is 1. The third-order valence-corrected chi connectivity index (χ3v) is 6.56. The molecule has 2 amide bonds. The first-order valence-corrected chi connectivity index (χ1v) is 10.7. The molecule has 0 spiro atoms. The molecule has 7 heteroatoms. The highest BCUT2D eigenvalue weighted by Crippen LogP contribution is 2.36. The van der Waals surface area contributed by atoms with Gasteiger partial charge in [0.25, 0.3) is 0 Å². The molecule has 1 aliphatic rings. The average Bonchev–Trinajstić information content (AvgIpc) is 3.39. The van der Waals surface area contributed by atoms with Crippen LogP contribution in [0.25, 0.3) is 5.00 Å². The van der Waals surface area contributed by atoms with Gasteiger partial charge in [-0.3, -0.25) is 4.90 Å². The normalized spacial score (nSPS) is 13.7. The van der Waals surface area contributed by atoms with E-state index in [9.17, 15) is 4.79 Å². The highest BCUT2D eigenvalue weighted by molar-refractivity contribution is 7.14. The van der Waals surface area contributed by atoms with Crippen molar-refractivity contribution >= 4 is 23.1 Å². The maximum Gasteiger partial charge on any atom is 0.319 e. The lowest BCUT2D eigenvalue weighted by Gasteiger charge is -2.25. The first-order chi connectivity index (χ1) is 14.2. The predicted octanol–water partition coefficient (Wildman–Crippen LogP) is 4.25. The van der Waals surface area contributed by atoms with Crippen molar-refractivity contribution in [2.75, 3.05) is 25.5 Å². The Balaban J connectivity index is 1.53. The number of para-hydroxylation sites is 2. The van der Waals surface area contributed by atoms with Crippen LogP contribution in [0.1, 0.15) is 22.9 Å². The highest BCUT2D eigenvalue weighted by atomic mass is 32.1. The van der Waals surface area contributed by atoms with E-state index < -0.39 is 0 Å². The van der Waals surface area contributed by atoms with Crippen LogP contribution in [-0.2, 0) is 19.5 Å². The van der Waals surface area contributed by atoms with Gasteiger partial charge >= 0.3 is 6.03 Å². The third kappa shape index (κ3) is 4.16. The van der Waals surface area contributed by atoms with Gasteiger partial charge in [-0.05, 0) is 42.8 Å². The number of fused-ring (bicyclic) bond motifs is 1. The number of anilines is 1. The van der Waals surface area contributed by atoms with Crippen LogP contribution in [0.15, 0.2) is 48.8 Å². The molecule has 0 radical (unpaired) electrons. The summed E-state index contributed by atoms with van der Waals surface area (Å²) < 4.78 is 7.46. The van der Waals surface area contributed by atoms with E-state index in [4.69, 9.17) is 4.74 Å². The van der Waals surface area contributed by atoms with Crippen molar-refractivity contribution in [2.24, 2.45) is 0 Å². The van der Waals surface area contributed by atoms with Gasteiger partial charge in [0, 0.05) is 42.5 Å².